The Morgan fingerprint density at radius 1 is 1.02 bits per heavy atom. The number of aromatic nitrogens is 3. The molecular formula is C31H31N5O4S. The molecule has 7 rings (SSSR count). The van der Waals surface area contributed by atoms with Crippen molar-refractivity contribution in [3.8, 4) is 5.88 Å². The summed E-state index contributed by atoms with van der Waals surface area (Å²) in [5, 5.41) is 10.8. The van der Waals surface area contributed by atoms with E-state index in [0.29, 0.717) is 25.6 Å². The number of aromatic carboxylic acids is 1. The fourth-order valence-corrected chi connectivity index (χ4v) is 6.49. The molecule has 2 saturated heterocycles. The molecule has 0 spiro atoms. The molecule has 2 aliphatic heterocycles. The molecule has 210 valence electrons. The molecule has 0 aliphatic carbocycles. The highest BCUT2D eigenvalue weighted by Crippen LogP contribution is 2.27. The highest BCUT2D eigenvalue weighted by Gasteiger charge is 2.25. The van der Waals surface area contributed by atoms with E-state index >= 15 is 0 Å². The third-order valence-corrected chi connectivity index (χ3v) is 8.95. The number of anilines is 1. The van der Waals surface area contributed by atoms with Crippen molar-refractivity contribution in [1.29, 1.82) is 0 Å². The van der Waals surface area contributed by atoms with Crippen molar-refractivity contribution in [1.82, 2.24) is 19.4 Å². The maximum absolute atomic E-state index is 11.6. The van der Waals surface area contributed by atoms with Crippen molar-refractivity contribution in [2.45, 2.75) is 32.2 Å². The van der Waals surface area contributed by atoms with E-state index in [4.69, 9.17) is 19.4 Å². The minimum atomic E-state index is -0.930. The second-order valence-electron chi connectivity index (χ2n) is 10.6. The lowest BCUT2D eigenvalue weighted by molar-refractivity contribution is -0.0592. The van der Waals surface area contributed by atoms with Crippen LogP contribution in [0.4, 0.5) is 5.82 Å². The summed E-state index contributed by atoms with van der Waals surface area (Å²) in [7, 11) is 0. The number of hydrogen-bond acceptors (Lipinski definition) is 8. The lowest BCUT2D eigenvalue weighted by Crippen LogP contribution is -2.46. The molecule has 3 aromatic heterocycles. The largest absolute Gasteiger partial charge is 0.478 e. The van der Waals surface area contributed by atoms with Crippen LogP contribution in [0.1, 0.15) is 27.5 Å². The first-order valence-corrected chi connectivity index (χ1v) is 14.8. The summed E-state index contributed by atoms with van der Waals surface area (Å²) in [5.74, 6) is 1.57. The standard InChI is InChI=1S/C31H31N5O4S/c37-31(38)22-8-9-25-26(17-22)36(18-23-10-15-39-23)29(32-25)19-34-11-13-35(14-12-34)28-6-3-7-30(33-28)40-20-24-16-21-4-1-2-5-27(21)41-24/h1-9,16-17,23H,10-15,18-20H2,(H,37,38). The molecule has 2 fully saturated rings. The van der Waals surface area contributed by atoms with E-state index in [1.54, 1.807) is 29.5 Å². The first-order chi connectivity index (χ1) is 20.1. The van der Waals surface area contributed by atoms with Crippen molar-refractivity contribution in [3.05, 3.63) is 83.0 Å². The van der Waals surface area contributed by atoms with Gasteiger partial charge in [0.25, 0.3) is 0 Å². The molecule has 10 heteroatoms. The van der Waals surface area contributed by atoms with Gasteiger partial charge >= 0.3 is 5.97 Å². The van der Waals surface area contributed by atoms with E-state index in [2.05, 4.69) is 44.7 Å². The van der Waals surface area contributed by atoms with Crippen LogP contribution < -0.4 is 9.64 Å². The van der Waals surface area contributed by atoms with Crippen molar-refractivity contribution in [2.75, 3.05) is 37.7 Å². The first-order valence-electron chi connectivity index (χ1n) is 14.0. The molecule has 9 nitrogen and oxygen atoms in total. The van der Waals surface area contributed by atoms with Gasteiger partial charge in [-0.2, -0.15) is 4.98 Å². The molecule has 5 heterocycles. The van der Waals surface area contributed by atoms with Gasteiger partial charge in [-0.05, 0) is 48.2 Å². The average Bonchev–Trinajstić information content (AvgIpc) is 3.54. The fourth-order valence-electron chi connectivity index (χ4n) is 5.51. The van der Waals surface area contributed by atoms with Gasteiger partial charge in [0.15, 0.2) is 0 Å². The number of thiophene rings is 1. The number of imidazole rings is 1. The van der Waals surface area contributed by atoms with E-state index in [1.165, 1.54) is 15.0 Å². The van der Waals surface area contributed by atoms with Gasteiger partial charge in [-0.1, -0.05) is 24.3 Å². The highest BCUT2D eigenvalue weighted by molar-refractivity contribution is 7.19. The van der Waals surface area contributed by atoms with Crippen LogP contribution in [0.15, 0.2) is 66.7 Å². The van der Waals surface area contributed by atoms with Crippen LogP contribution in [0.5, 0.6) is 5.88 Å². The molecular weight excluding hydrogens is 538 g/mol. The minimum Gasteiger partial charge on any atom is -0.478 e. The van der Waals surface area contributed by atoms with Crippen LogP contribution in [0.25, 0.3) is 21.1 Å². The molecule has 0 saturated carbocycles. The molecule has 2 aromatic carbocycles. The maximum atomic E-state index is 11.6. The van der Waals surface area contributed by atoms with Gasteiger partial charge in [-0.3, -0.25) is 4.90 Å². The van der Waals surface area contributed by atoms with Crippen LogP contribution in [-0.4, -0.2) is 69.4 Å². The fraction of sp³-hybridized carbons (Fsp3) is 0.323. The molecule has 1 N–H and O–H groups in total. The van der Waals surface area contributed by atoms with Gasteiger partial charge < -0.3 is 24.0 Å². The zero-order chi connectivity index (χ0) is 27.8. The van der Waals surface area contributed by atoms with Crippen molar-refractivity contribution in [2.24, 2.45) is 0 Å². The normalized spacial score (nSPS) is 17.7. The highest BCUT2D eigenvalue weighted by atomic mass is 32.1. The minimum absolute atomic E-state index is 0.149. The molecule has 0 bridgehead atoms. The predicted octanol–water partition coefficient (Wildman–Crippen LogP) is 5.03. The van der Waals surface area contributed by atoms with E-state index in [0.717, 1.165) is 61.9 Å². The van der Waals surface area contributed by atoms with Crippen LogP contribution in [0, 0.1) is 0 Å². The number of pyridine rings is 1. The van der Waals surface area contributed by atoms with Gasteiger partial charge in [0.05, 0.1) is 35.8 Å². The number of carboxylic acid groups (broad SMARTS) is 1. The monoisotopic (exact) mass is 569 g/mol. The van der Waals surface area contributed by atoms with Gasteiger partial charge in [-0.15, -0.1) is 11.3 Å². The number of carboxylic acids is 1. The van der Waals surface area contributed by atoms with Crippen molar-refractivity contribution >= 4 is 44.2 Å². The summed E-state index contributed by atoms with van der Waals surface area (Å²) in [4.78, 5) is 27.2. The van der Waals surface area contributed by atoms with E-state index in [-0.39, 0.29) is 11.7 Å². The van der Waals surface area contributed by atoms with Gasteiger partial charge in [0.1, 0.15) is 18.2 Å². The third kappa shape index (κ3) is 5.50. The Kier molecular flexibility index (Phi) is 7.03. The zero-order valence-electron chi connectivity index (χ0n) is 22.6. The molecule has 0 amide bonds. The number of carbonyl (C=O) groups is 1. The van der Waals surface area contributed by atoms with Crippen molar-refractivity contribution < 1.29 is 19.4 Å². The van der Waals surface area contributed by atoms with Gasteiger partial charge in [0, 0.05) is 48.4 Å². The number of piperazine rings is 1. The summed E-state index contributed by atoms with van der Waals surface area (Å²) < 4.78 is 15.2. The SMILES string of the molecule is O=C(O)c1ccc2nc(CN3CCN(c4cccc(OCc5cc6ccccc6s5)n4)CC3)n(CC3CCO3)c2c1. The summed E-state index contributed by atoms with van der Waals surface area (Å²) in [6, 6.07) is 21.7. The lowest BCUT2D eigenvalue weighted by Gasteiger charge is -2.35. The molecule has 5 aromatic rings. The first kappa shape index (κ1) is 25.9. The van der Waals surface area contributed by atoms with E-state index < -0.39 is 5.97 Å². The Bertz CT molecular complexity index is 1670. The third-order valence-electron chi connectivity index (χ3n) is 7.86. The van der Waals surface area contributed by atoms with Crippen LogP contribution in [0.3, 0.4) is 0 Å². The van der Waals surface area contributed by atoms with Crippen molar-refractivity contribution in [3.63, 3.8) is 0 Å². The Hall–Kier alpha value is -3.99. The maximum Gasteiger partial charge on any atom is 0.335 e. The summed E-state index contributed by atoms with van der Waals surface area (Å²) in [6.07, 6.45) is 1.16. The topological polar surface area (TPSA) is 93.0 Å². The van der Waals surface area contributed by atoms with Gasteiger partial charge in [0.2, 0.25) is 5.88 Å². The number of fused-ring (bicyclic) bond motifs is 2. The summed E-state index contributed by atoms with van der Waals surface area (Å²) in [5.41, 5.74) is 1.95. The number of ether oxygens (including phenoxy) is 2. The molecule has 0 radical (unpaired) electrons. The number of benzene rings is 2. The smallest absolute Gasteiger partial charge is 0.335 e. The Morgan fingerprint density at radius 3 is 2.66 bits per heavy atom. The molecule has 2 aliphatic rings. The average molecular weight is 570 g/mol. The number of rotatable bonds is 9. The van der Waals surface area contributed by atoms with E-state index in [1.807, 2.05) is 18.2 Å². The second-order valence-corrected chi connectivity index (χ2v) is 11.7. The summed E-state index contributed by atoms with van der Waals surface area (Å²) in [6.45, 7) is 6.11. The summed E-state index contributed by atoms with van der Waals surface area (Å²) >= 11 is 1.75. The molecule has 1 atom stereocenters. The van der Waals surface area contributed by atoms with Crippen LogP contribution >= 0.6 is 11.3 Å². The Balaban J connectivity index is 1.00. The zero-order valence-corrected chi connectivity index (χ0v) is 23.4. The van der Waals surface area contributed by atoms with Gasteiger partial charge in [-0.25, -0.2) is 9.78 Å². The Morgan fingerprint density at radius 2 is 1.88 bits per heavy atom. The number of hydrogen-bond donors (Lipinski definition) is 1. The second kappa shape index (κ2) is 11.1. The Labute approximate surface area is 241 Å². The number of nitrogens with zero attached hydrogens (tertiary/aromatic N) is 5. The quantitative estimate of drug-likeness (QED) is 0.264. The molecule has 1 unspecified atom stereocenters. The lowest BCUT2D eigenvalue weighted by atomic mass is 10.1. The van der Waals surface area contributed by atoms with E-state index in [9.17, 15) is 9.90 Å². The van der Waals surface area contributed by atoms with Crippen LogP contribution in [0.2, 0.25) is 0 Å². The predicted molar refractivity (Wildman–Crippen MR) is 159 cm³/mol. The molecule has 41 heavy (non-hydrogen) atoms. The van der Waals surface area contributed by atoms with Crippen LogP contribution in [-0.2, 0) is 24.4 Å².